The van der Waals surface area contributed by atoms with Crippen LogP contribution in [0.2, 0.25) is 0 Å². The van der Waals surface area contributed by atoms with Crippen LogP contribution in [-0.2, 0) is 0 Å². The van der Waals surface area contributed by atoms with Crippen LogP contribution in [0.5, 0.6) is 0 Å². The van der Waals surface area contributed by atoms with E-state index in [4.69, 9.17) is 5.11 Å². The van der Waals surface area contributed by atoms with E-state index >= 15 is 0 Å². The summed E-state index contributed by atoms with van der Waals surface area (Å²) in [5.41, 5.74) is 2.02. The molecule has 1 aromatic carbocycles. The minimum absolute atomic E-state index is 0.205. The van der Waals surface area contributed by atoms with E-state index in [1.807, 2.05) is 19.1 Å². The van der Waals surface area contributed by atoms with Crippen LogP contribution < -0.4 is 5.32 Å². The first-order chi connectivity index (χ1) is 9.69. The summed E-state index contributed by atoms with van der Waals surface area (Å²) in [6.45, 7) is 1.66. The van der Waals surface area contributed by atoms with Crippen LogP contribution in [0.3, 0.4) is 0 Å². The lowest BCUT2D eigenvalue weighted by atomic mass is 10.1. The van der Waals surface area contributed by atoms with Crippen molar-refractivity contribution in [2.45, 2.75) is 6.92 Å². The van der Waals surface area contributed by atoms with Crippen molar-refractivity contribution in [1.82, 2.24) is 4.98 Å². The quantitative estimate of drug-likeness (QED) is 0.817. The van der Waals surface area contributed by atoms with Gasteiger partial charge in [-0.3, -0.25) is 4.79 Å². The van der Waals surface area contributed by atoms with Gasteiger partial charge in [-0.05, 0) is 37.3 Å². The summed E-state index contributed by atoms with van der Waals surface area (Å²) in [5, 5.41) is 11.4. The molecule has 0 spiro atoms. The Morgan fingerprint density at radius 2 is 2.10 bits per heavy atom. The number of rotatable bonds is 2. The zero-order valence-electron chi connectivity index (χ0n) is 11.1. The van der Waals surface area contributed by atoms with Gasteiger partial charge >= 0.3 is 0 Å². The molecule has 0 aliphatic rings. The van der Waals surface area contributed by atoms with Gasteiger partial charge in [0.2, 0.25) is 0 Å². The van der Waals surface area contributed by atoms with Gasteiger partial charge in [0, 0.05) is 16.8 Å². The molecule has 0 unspecified atom stereocenters. The number of benzene rings is 1. The van der Waals surface area contributed by atoms with Crippen molar-refractivity contribution in [3.8, 4) is 11.8 Å². The second-order valence-corrected chi connectivity index (χ2v) is 4.16. The number of pyridine rings is 1. The van der Waals surface area contributed by atoms with Gasteiger partial charge in [0.1, 0.15) is 12.4 Å². The zero-order chi connectivity index (χ0) is 14.4. The molecule has 4 nitrogen and oxygen atoms in total. The van der Waals surface area contributed by atoms with Crippen LogP contribution in [0.25, 0.3) is 0 Å². The fourth-order valence-electron chi connectivity index (χ4n) is 1.68. The average molecular weight is 266 g/mol. The standard InChI is InChI=1S/C16H14N2O2/c1-12-5-2-9-15(17-12)18-16(20)14-8-3-6-13(11-14)7-4-10-19/h2-3,5-6,8-9,11,19H,10H2,1H3,(H,17,18,20). The number of hydrogen-bond donors (Lipinski definition) is 2. The fourth-order valence-corrected chi connectivity index (χ4v) is 1.68. The van der Waals surface area contributed by atoms with Crippen LogP contribution in [0.15, 0.2) is 42.5 Å². The van der Waals surface area contributed by atoms with Gasteiger partial charge in [-0.1, -0.05) is 24.0 Å². The van der Waals surface area contributed by atoms with Gasteiger partial charge < -0.3 is 10.4 Å². The summed E-state index contributed by atoms with van der Waals surface area (Å²) < 4.78 is 0. The maximum absolute atomic E-state index is 12.1. The summed E-state index contributed by atoms with van der Waals surface area (Å²) in [5.74, 6) is 5.59. The second kappa shape index (κ2) is 6.50. The van der Waals surface area contributed by atoms with E-state index in [-0.39, 0.29) is 12.5 Å². The first-order valence-corrected chi connectivity index (χ1v) is 6.14. The van der Waals surface area contributed by atoms with Crippen molar-refractivity contribution in [3.63, 3.8) is 0 Å². The molecule has 0 aliphatic carbocycles. The number of anilines is 1. The molecule has 0 atom stereocenters. The minimum Gasteiger partial charge on any atom is -0.384 e. The molecule has 2 rings (SSSR count). The molecular formula is C16H14N2O2. The number of aromatic nitrogens is 1. The van der Waals surface area contributed by atoms with Gasteiger partial charge in [0.05, 0.1) is 0 Å². The Morgan fingerprint density at radius 1 is 1.30 bits per heavy atom. The maximum Gasteiger partial charge on any atom is 0.256 e. The van der Waals surface area contributed by atoms with Crippen LogP contribution in [-0.4, -0.2) is 22.6 Å². The first kappa shape index (κ1) is 13.8. The average Bonchev–Trinajstić information content (AvgIpc) is 2.45. The number of nitrogens with zero attached hydrogens (tertiary/aromatic N) is 1. The molecule has 0 fully saturated rings. The number of amides is 1. The minimum atomic E-state index is -0.240. The SMILES string of the molecule is Cc1cccc(NC(=O)c2cccc(C#CCO)c2)n1. The highest BCUT2D eigenvalue weighted by Crippen LogP contribution is 2.09. The molecule has 1 heterocycles. The lowest BCUT2D eigenvalue weighted by Crippen LogP contribution is -2.13. The molecule has 2 aromatic rings. The third kappa shape index (κ3) is 3.67. The number of carbonyl (C=O) groups is 1. The predicted octanol–water partition coefficient (Wildman–Crippen LogP) is 1.99. The van der Waals surface area contributed by atoms with E-state index in [0.717, 1.165) is 5.69 Å². The summed E-state index contributed by atoms with van der Waals surface area (Å²) in [6, 6.07) is 12.3. The third-order valence-electron chi connectivity index (χ3n) is 2.57. The predicted molar refractivity (Wildman–Crippen MR) is 77.3 cm³/mol. The van der Waals surface area contributed by atoms with Gasteiger partial charge in [0.25, 0.3) is 5.91 Å². The topological polar surface area (TPSA) is 62.2 Å². The van der Waals surface area contributed by atoms with Gasteiger partial charge in [-0.25, -0.2) is 4.98 Å². The number of aliphatic hydroxyl groups is 1. The molecular weight excluding hydrogens is 252 g/mol. The van der Waals surface area contributed by atoms with Crippen molar-refractivity contribution >= 4 is 11.7 Å². The van der Waals surface area contributed by atoms with Crippen molar-refractivity contribution in [2.24, 2.45) is 0 Å². The molecule has 4 heteroatoms. The maximum atomic E-state index is 12.1. The highest BCUT2D eigenvalue weighted by Gasteiger charge is 2.07. The Labute approximate surface area is 117 Å². The normalized spacial score (nSPS) is 9.50. The summed E-state index contributed by atoms with van der Waals surface area (Å²) >= 11 is 0. The monoisotopic (exact) mass is 266 g/mol. The van der Waals surface area contributed by atoms with E-state index in [1.165, 1.54) is 0 Å². The Kier molecular flexibility index (Phi) is 4.48. The van der Waals surface area contributed by atoms with Gasteiger partial charge in [-0.2, -0.15) is 0 Å². The number of aliphatic hydroxyl groups excluding tert-OH is 1. The van der Waals surface area contributed by atoms with Crippen LogP contribution >= 0.6 is 0 Å². The lowest BCUT2D eigenvalue weighted by molar-refractivity contribution is 0.102. The molecule has 2 N–H and O–H groups in total. The highest BCUT2D eigenvalue weighted by molar-refractivity contribution is 6.03. The van der Waals surface area contributed by atoms with Crippen LogP contribution in [0.1, 0.15) is 21.6 Å². The summed E-state index contributed by atoms with van der Waals surface area (Å²) in [7, 11) is 0. The Hall–Kier alpha value is -2.64. The van der Waals surface area contributed by atoms with Gasteiger partial charge in [0.15, 0.2) is 0 Å². The number of nitrogens with one attached hydrogen (secondary N) is 1. The number of aryl methyl sites for hydroxylation is 1. The number of carbonyl (C=O) groups excluding carboxylic acids is 1. The molecule has 1 amide bonds. The van der Waals surface area contributed by atoms with Crippen molar-refractivity contribution in [1.29, 1.82) is 0 Å². The molecule has 0 saturated carbocycles. The lowest BCUT2D eigenvalue weighted by Gasteiger charge is -2.05. The Morgan fingerprint density at radius 3 is 2.85 bits per heavy atom. The van der Waals surface area contributed by atoms with Crippen LogP contribution in [0.4, 0.5) is 5.82 Å². The fraction of sp³-hybridized carbons (Fsp3) is 0.125. The zero-order valence-corrected chi connectivity index (χ0v) is 11.1. The molecule has 0 aliphatic heterocycles. The van der Waals surface area contributed by atoms with Crippen molar-refractivity contribution in [3.05, 3.63) is 59.3 Å². The molecule has 1 aromatic heterocycles. The van der Waals surface area contributed by atoms with Crippen molar-refractivity contribution in [2.75, 3.05) is 11.9 Å². The summed E-state index contributed by atoms with van der Waals surface area (Å²) in [4.78, 5) is 16.3. The first-order valence-electron chi connectivity index (χ1n) is 6.14. The van der Waals surface area contributed by atoms with E-state index < -0.39 is 0 Å². The van der Waals surface area contributed by atoms with E-state index in [2.05, 4.69) is 22.1 Å². The summed E-state index contributed by atoms with van der Waals surface area (Å²) in [6.07, 6.45) is 0. The van der Waals surface area contributed by atoms with Gasteiger partial charge in [-0.15, -0.1) is 0 Å². The van der Waals surface area contributed by atoms with Crippen LogP contribution in [0, 0.1) is 18.8 Å². The molecule has 20 heavy (non-hydrogen) atoms. The Bertz CT molecular complexity index is 684. The smallest absolute Gasteiger partial charge is 0.256 e. The molecule has 0 saturated heterocycles. The van der Waals surface area contributed by atoms with E-state index in [1.54, 1.807) is 30.3 Å². The molecule has 100 valence electrons. The highest BCUT2D eigenvalue weighted by atomic mass is 16.2. The molecule has 0 bridgehead atoms. The van der Waals surface area contributed by atoms with E-state index in [9.17, 15) is 4.79 Å². The van der Waals surface area contributed by atoms with Crippen molar-refractivity contribution < 1.29 is 9.90 Å². The van der Waals surface area contributed by atoms with E-state index in [0.29, 0.717) is 16.9 Å². The number of hydrogen-bond acceptors (Lipinski definition) is 3. The molecule has 0 radical (unpaired) electrons. The Balaban J connectivity index is 2.17. The third-order valence-corrected chi connectivity index (χ3v) is 2.57. The largest absolute Gasteiger partial charge is 0.384 e. The second-order valence-electron chi connectivity index (χ2n) is 4.16.